The maximum Gasteiger partial charge on any atom is 0.325 e. The van der Waals surface area contributed by atoms with Gasteiger partial charge in [-0.05, 0) is 44.9 Å². The first kappa shape index (κ1) is 37.4. The van der Waals surface area contributed by atoms with Gasteiger partial charge in [-0.15, -0.1) is 0 Å². The molecule has 0 aliphatic heterocycles. The monoisotopic (exact) mass is 549 g/mol. The molecular weight excluding hydrogens is 486 g/mol. The van der Waals surface area contributed by atoms with Gasteiger partial charge in [-0.3, -0.25) is 9.59 Å². The Balaban J connectivity index is 3.84. The molecule has 1 unspecified atom stereocenters. The van der Waals surface area contributed by atoms with E-state index in [1.54, 1.807) is 6.08 Å². The van der Waals surface area contributed by atoms with E-state index in [-0.39, 0.29) is 12.4 Å². The average Bonchev–Trinajstić information content (AvgIpc) is 2.94. The van der Waals surface area contributed by atoms with Crippen LogP contribution in [-0.4, -0.2) is 18.5 Å². The summed E-state index contributed by atoms with van der Waals surface area (Å²) in [6, 6.07) is 0. The SMILES string of the molecule is CCCCCCCC/C=C\CCCCCCCCOC(=O)C(C=CCCCCCCCCCC)CC(=O)ON. The van der Waals surface area contributed by atoms with Crippen LogP contribution in [0, 0.1) is 5.92 Å². The van der Waals surface area contributed by atoms with Gasteiger partial charge < -0.3 is 9.57 Å². The molecule has 5 nitrogen and oxygen atoms in total. The van der Waals surface area contributed by atoms with Gasteiger partial charge in [-0.1, -0.05) is 141 Å². The minimum Gasteiger partial charge on any atom is -0.465 e. The molecule has 2 N–H and O–H groups in total. The standard InChI is InChI=1S/C34H63NO4/c1-3-5-7-9-11-13-15-16-17-18-19-20-22-24-26-28-30-38-34(37)32(31-33(36)39-35)29-27-25-23-21-14-12-10-8-6-4-2/h16-17,27,29,32H,3-15,18-26,28,30-31,35H2,1-2H3/b17-16-,29-27?. The first-order valence-corrected chi connectivity index (χ1v) is 16.5. The van der Waals surface area contributed by atoms with Crippen LogP contribution < -0.4 is 5.90 Å². The van der Waals surface area contributed by atoms with Crippen molar-refractivity contribution in [3.05, 3.63) is 24.3 Å². The Labute approximate surface area is 241 Å². The predicted octanol–water partition coefficient (Wildman–Crippen LogP) is 10.1. The van der Waals surface area contributed by atoms with Gasteiger partial charge in [-0.2, -0.15) is 5.90 Å². The molecule has 0 bridgehead atoms. The smallest absolute Gasteiger partial charge is 0.325 e. The Kier molecular flexibility index (Phi) is 29.6. The fraction of sp³-hybridized carbons (Fsp3) is 0.824. The fourth-order valence-electron chi connectivity index (χ4n) is 4.74. The number of esters is 1. The Morgan fingerprint density at radius 2 is 1.00 bits per heavy atom. The molecule has 0 aromatic heterocycles. The Morgan fingerprint density at radius 1 is 0.590 bits per heavy atom. The lowest BCUT2D eigenvalue weighted by molar-refractivity contribution is -0.153. The topological polar surface area (TPSA) is 78.6 Å². The summed E-state index contributed by atoms with van der Waals surface area (Å²) >= 11 is 0. The van der Waals surface area contributed by atoms with Crippen LogP contribution in [0.25, 0.3) is 0 Å². The zero-order valence-electron chi connectivity index (χ0n) is 25.8. The maximum absolute atomic E-state index is 12.5. The van der Waals surface area contributed by atoms with Gasteiger partial charge in [0.2, 0.25) is 0 Å². The van der Waals surface area contributed by atoms with E-state index in [0.717, 1.165) is 25.7 Å². The van der Waals surface area contributed by atoms with Crippen molar-refractivity contribution in [3.8, 4) is 0 Å². The van der Waals surface area contributed by atoms with Gasteiger partial charge in [0.05, 0.1) is 18.9 Å². The molecule has 0 aromatic rings. The summed E-state index contributed by atoms with van der Waals surface area (Å²) in [6.45, 7) is 4.91. The number of unbranched alkanes of at least 4 members (excludes halogenated alkanes) is 20. The van der Waals surface area contributed by atoms with E-state index in [2.05, 4.69) is 30.8 Å². The highest BCUT2D eigenvalue weighted by atomic mass is 16.7. The van der Waals surface area contributed by atoms with Crippen LogP contribution in [0.1, 0.15) is 168 Å². The summed E-state index contributed by atoms with van der Waals surface area (Å²) in [5, 5.41) is 0. The van der Waals surface area contributed by atoms with Crippen LogP contribution in [0.2, 0.25) is 0 Å². The number of nitrogens with two attached hydrogens (primary N) is 1. The van der Waals surface area contributed by atoms with Crippen molar-refractivity contribution in [2.75, 3.05) is 6.61 Å². The number of hydrogen-bond acceptors (Lipinski definition) is 5. The second-order valence-corrected chi connectivity index (χ2v) is 11.1. The van der Waals surface area contributed by atoms with Crippen molar-refractivity contribution >= 4 is 11.9 Å². The molecule has 0 saturated heterocycles. The molecule has 0 aliphatic rings. The molecular formula is C34H63NO4. The number of carbonyl (C=O) groups excluding carboxylic acids is 2. The number of allylic oxidation sites excluding steroid dienone is 3. The van der Waals surface area contributed by atoms with Crippen LogP contribution in [0.15, 0.2) is 24.3 Å². The molecule has 39 heavy (non-hydrogen) atoms. The van der Waals surface area contributed by atoms with E-state index in [1.165, 1.54) is 122 Å². The largest absolute Gasteiger partial charge is 0.465 e. The lowest BCUT2D eigenvalue weighted by atomic mass is 10.0. The summed E-state index contributed by atoms with van der Waals surface area (Å²) in [6.07, 6.45) is 36.9. The fourth-order valence-corrected chi connectivity index (χ4v) is 4.74. The summed E-state index contributed by atoms with van der Waals surface area (Å²) < 4.78 is 5.46. The average molecular weight is 550 g/mol. The molecule has 0 heterocycles. The molecule has 0 radical (unpaired) electrons. The van der Waals surface area contributed by atoms with Gasteiger partial charge in [0.1, 0.15) is 0 Å². The van der Waals surface area contributed by atoms with Gasteiger partial charge in [0, 0.05) is 0 Å². The van der Waals surface area contributed by atoms with Crippen LogP contribution >= 0.6 is 0 Å². The molecule has 0 aromatic carbocycles. The third-order valence-corrected chi connectivity index (χ3v) is 7.31. The summed E-state index contributed by atoms with van der Waals surface area (Å²) in [5.41, 5.74) is 0. The molecule has 5 heteroatoms. The third-order valence-electron chi connectivity index (χ3n) is 7.31. The number of carbonyl (C=O) groups is 2. The number of rotatable bonds is 29. The Bertz CT molecular complexity index is 602. The molecule has 0 fully saturated rings. The van der Waals surface area contributed by atoms with Crippen molar-refractivity contribution in [3.63, 3.8) is 0 Å². The lowest BCUT2D eigenvalue weighted by Gasteiger charge is -2.11. The highest BCUT2D eigenvalue weighted by Crippen LogP contribution is 2.14. The van der Waals surface area contributed by atoms with Crippen molar-refractivity contribution in [2.45, 2.75) is 168 Å². The lowest BCUT2D eigenvalue weighted by Crippen LogP contribution is -2.22. The minimum absolute atomic E-state index is 0.0728. The van der Waals surface area contributed by atoms with E-state index in [4.69, 9.17) is 10.6 Å². The van der Waals surface area contributed by atoms with E-state index in [9.17, 15) is 9.59 Å². The van der Waals surface area contributed by atoms with Crippen LogP contribution in [0.4, 0.5) is 0 Å². The Hall–Kier alpha value is -1.62. The quantitative estimate of drug-likeness (QED) is 0.0434. The van der Waals surface area contributed by atoms with Crippen molar-refractivity contribution in [1.82, 2.24) is 0 Å². The molecule has 0 aliphatic carbocycles. The molecule has 0 rings (SSSR count). The second-order valence-electron chi connectivity index (χ2n) is 11.1. The number of ether oxygens (including phenoxy) is 1. The molecule has 228 valence electrons. The van der Waals surface area contributed by atoms with Crippen LogP contribution in [0.3, 0.4) is 0 Å². The predicted molar refractivity (Wildman–Crippen MR) is 165 cm³/mol. The minimum atomic E-state index is -0.621. The van der Waals surface area contributed by atoms with E-state index >= 15 is 0 Å². The third kappa shape index (κ3) is 27.7. The Morgan fingerprint density at radius 3 is 1.46 bits per heavy atom. The highest BCUT2D eigenvalue weighted by molar-refractivity contribution is 5.81. The first-order chi connectivity index (χ1) is 19.2. The van der Waals surface area contributed by atoms with Crippen LogP contribution in [-0.2, 0) is 19.2 Å². The van der Waals surface area contributed by atoms with Gasteiger partial charge in [0.15, 0.2) is 0 Å². The summed E-state index contributed by atoms with van der Waals surface area (Å²) in [5.74, 6) is 3.41. The van der Waals surface area contributed by atoms with Gasteiger partial charge in [-0.25, -0.2) is 0 Å². The zero-order chi connectivity index (χ0) is 28.7. The van der Waals surface area contributed by atoms with Crippen molar-refractivity contribution in [1.29, 1.82) is 0 Å². The summed E-state index contributed by atoms with van der Waals surface area (Å²) in [7, 11) is 0. The van der Waals surface area contributed by atoms with Crippen LogP contribution in [0.5, 0.6) is 0 Å². The molecule has 1 atom stereocenters. The van der Waals surface area contributed by atoms with Crippen molar-refractivity contribution < 1.29 is 19.2 Å². The van der Waals surface area contributed by atoms with E-state index in [1.807, 2.05) is 6.08 Å². The van der Waals surface area contributed by atoms with Crippen molar-refractivity contribution in [2.24, 2.45) is 11.8 Å². The molecule has 0 amide bonds. The van der Waals surface area contributed by atoms with E-state index < -0.39 is 11.9 Å². The summed E-state index contributed by atoms with van der Waals surface area (Å²) in [4.78, 5) is 28.5. The normalized spacial score (nSPS) is 12.4. The first-order valence-electron chi connectivity index (χ1n) is 16.5. The van der Waals surface area contributed by atoms with Gasteiger partial charge in [0.25, 0.3) is 0 Å². The second kappa shape index (κ2) is 30.9. The molecule has 0 spiro atoms. The number of hydrogen-bond donors (Lipinski definition) is 1. The maximum atomic E-state index is 12.5. The zero-order valence-corrected chi connectivity index (χ0v) is 25.8. The van der Waals surface area contributed by atoms with Gasteiger partial charge >= 0.3 is 11.9 Å². The van der Waals surface area contributed by atoms with E-state index in [0.29, 0.717) is 6.61 Å². The molecule has 0 saturated carbocycles. The highest BCUT2D eigenvalue weighted by Gasteiger charge is 2.21.